The molecule has 2 nitrogen and oxygen atoms in total. The van der Waals surface area contributed by atoms with Gasteiger partial charge in [-0.25, -0.2) is 8.78 Å². The molecule has 106 valence electrons. The molecule has 2 aromatic carbocycles. The van der Waals surface area contributed by atoms with Crippen molar-refractivity contribution in [2.45, 2.75) is 18.9 Å². The summed E-state index contributed by atoms with van der Waals surface area (Å²) in [6, 6.07) is 12.8. The van der Waals surface area contributed by atoms with E-state index in [1.54, 1.807) is 0 Å². The van der Waals surface area contributed by atoms with E-state index in [2.05, 4.69) is 0 Å². The van der Waals surface area contributed by atoms with Crippen LogP contribution in [-0.4, -0.2) is 12.6 Å². The van der Waals surface area contributed by atoms with Crippen LogP contribution in [0.5, 0.6) is 5.75 Å². The van der Waals surface area contributed by atoms with Gasteiger partial charge in [-0.3, -0.25) is 0 Å². The highest BCUT2D eigenvalue weighted by Crippen LogP contribution is 2.13. The van der Waals surface area contributed by atoms with Crippen LogP contribution in [0, 0.1) is 11.6 Å². The van der Waals surface area contributed by atoms with Crippen molar-refractivity contribution in [3.8, 4) is 5.75 Å². The Bertz CT molecular complexity index is 545. The molecule has 2 aromatic rings. The lowest BCUT2D eigenvalue weighted by molar-refractivity contribution is 0.297. The van der Waals surface area contributed by atoms with Crippen LogP contribution < -0.4 is 10.5 Å². The Hall–Kier alpha value is -1.94. The lowest BCUT2D eigenvalue weighted by Gasteiger charge is -2.13. The summed E-state index contributed by atoms with van der Waals surface area (Å²) in [7, 11) is 0. The molecule has 20 heavy (non-hydrogen) atoms. The van der Waals surface area contributed by atoms with Crippen LogP contribution >= 0.6 is 0 Å². The molecule has 0 heterocycles. The summed E-state index contributed by atoms with van der Waals surface area (Å²) in [6.45, 7) is 0.466. The molecule has 0 aliphatic rings. The molecule has 2 N–H and O–H groups in total. The fourth-order valence-electron chi connectivity index (χ4n) is 1.92. The third-order valence-electron chi connectivity index (χ3n) is 3.00. The molecule has 0 aromatic heterocycles. The zero-order valence-electron chi connectivity index (χ0n) is 11.1. The zero-order chi connectivity index (χ0) is 14.4. The lowest BCUT2D eigenvalue weighted by Crippen LogP contribution is -2.25. The first-order chi connectivity index (χ1) is 9.65. The summed E-state index contributed by atoms with van der Waals surface area (Å²) >= 11 is 0. The summed E-state index contributed by atoms with van der Waals surface area (Å²) in [4.78, 5) is 0. The Morgan fingerprint density at radius 3 is 2.50 bits per heavy atom. The molecule has 0 radical (unpaired) electrons. The largest absolute Gasteiger partial charge is 0.494 e. The predicted molar refractivity (Wildman–Crippen MR) is 74.6 cm³/mol. The van der Waals surface area contributed by atoms with Gasteiger partial charge in [0, 0.05) is 12.1 Å². The number of nitrogens with two attached hydrogens (primary N) is 1. The molecular formula is C16H17F2NO. The van der Waals surface area contributed by atoms with Crippen LogP contribution in [0.25, 0.3) is 0 Å². The van der Waals surface area contributed by atoms with Gasteiger partial charge >= 0.3 is 0 Å². The number of para-hydroxylation sites is 1. The summed E-state index contributed by atoms with van der Waals surface area (Å²) < 4.78 is 31.8. The van der Waals surface area contributed by atoms with Crippen LogP contribution in [0.15, 0.2) is 48.5 Å². The van der Waals surface area contributed by atoms with E-state index < -0.39 is 11.6 Å². The molecule has 0 bridgehead atoms. The fourth-order valence-corrected chi connectivity index (χ4v) is 1.92. The van der Waals surface area contributed by atoms with E-state index in [4.69, 9.17) is 10.5 Å². The highest BCUT2D eigenvalue weighted by atomic mass is 19.1. The fraction of sp³-hybridized carbons (Fsp3) is 0.250. The third kappa shape index (κ3) is 4.31. The Morgan fingerprint density at radius 2 is 1.80 bits per heavy atom. The normalized spacial score (nSPS) is 12.2. The predicted octanol–water partition coefficient (Wildman–Crippen LogP) is 3.30. The first-order valence-corrected chi connectivity index (χ1v) is 6.52. The van der Waals surface area contributed by atoms with Gasteiger partial charge in [0.2, 0.25) is 0 Å². The van der Waals surface area contributed by atoms with E-state index in [9.17, 15) is 8.78 Å². The number of ether oxygens (including phenoxy) is 1. The van der Waals surface area contributed by atoms with Crippen LogP contribution in [0.2, 0.25) is 0 Å². The summed E-state index contributed by atoms with van der Waals surface area (Å²) in [5.41, 5.74) is 6.37. The van der Waals surface area contributed by atoms with E-state index in [1.807, 2.05) is 30.3 Å². The van der Waals surface area contributed by atoms with Crippen LogP contribution in [-0.2, 0) is 6.42 Å². The van der Waals surface area contributed by atoms with E-state index >= 15 is 0 Å². The minimum Gasteiger partial charge on any atom is -0.494 e. The molecular weight excluding hydrogens is 260 g/mol. The van der Waals surface area contributed by atoms with Crippen LogP contribution in [0.4, 0.5) is 8.78 Å². The van der Waals surface area contributed by atoms with Crippen molar-refractivity contribution in [3.05, 3.63) is 65.7 Å². The first kappa shape index (κ1) is 14.5. The topological polar surface area (TPSA) is 35.2 Å². The number of benzene rings is 2. The molecule has 0 saturated heterocycles. The van der Waals surface area contributed by atoms with Gasteiger partial charge in [0.15, 0.2) is 0 Å². The van der Waals surface area contributed by atoms with E-state index in [-0.39, 0.29) is 6.04 Å². The Balaban J connectivity index is 1.79. The molecule has 1 atom stereocenters. The van der Waals surface area contributed by atoms with Crippen molar-refractivity contribution in [2.75, 3.05) is 6.61 Å². The van der Waals surface area contributed by atoms with Gasteiger partial charge in [-0.15, -0.1) is 0 Å². The molecule has 0 amide bonds. The quantitative estimate of drug-likeness (QED) is 0.879. The minimum atomic E-state index is -0.577. The molecule has 0 spiro atoms. The van der Waals surface area contributed by atoms with Crippen molar-refractivity contribution in [3.63, 3.8) is 0 Å². The van der Waals surface area contributed by atoms with Crippen molar-refractivity contribution < 1.29 is 13.5 Å². The highest BCUT2D eigenvalue weighted by molar-refractivity contribution is 5.21. The van der Waals surface area contributed by atoms with Gasteiger partial charge in [0.05, 0.1) is 6.61 Å². The molecule has 4 heteroatoms. The second kappa shape index (κ2) is 7.01. The Kier molecular flexibility index (Phi) is 5.07. The van der Waals surface area contributed by atoms with Gasteiger partial charge in [-0.1, -0.05) is 24.3 Å². The highest BCUT2D eigenvalue weighted by Gasteiger charge is 2.09. The SMILES string of the molecule is NC(CCOc1ccccc1)Cc1ccc(F)cc1F. The molecule has 2 rings (SSSR count). The Morgan fingerprint density at radius 1 is 1.05 bits per heavy atom. The molecule has 0 saturated carbocycles. The van der Waals surface area contributed by atoms with Gasteiger partial charge in [0.25, 0.3) is 0 Å². The van der Waals surface area contributed by atoms with E-state index in [0.29, 0.717) is 25.0 Å². The second-order valence-corrected chi connectivity index (χ2v) is 4.65. The molecule has 0 aliphatic heterocycles. The molecule has 0 aliphatic carbocycles. The molecule has 1 unspecified atom stereocenters. The van der Waals surface area contributed by atoms with Gasteiger partial charge in [-0.2, -0.15) is 0 Å². The first-order valence-electron chi connectivity index (χ1n) is 6.52. The maximum absolute atomic E-state index is 13.5. The third-order valence-corrected chi connectivity index (χ3v) is 3.00. The zero-order valence-corrected chi connectivity index (χ0v) is 11.1. The van der Waals surface area contributed by atoms with Crippen molar-refractivity contribution in [2.24, 2.45) is 5.73 Å². The van der Waals surface area contributed by atoms with Crippen molar-refractivity contribution in [1.82, 2.24) is 0 Å². The number of hydrogen-bond donors (Lipinski definition) is 1. The average molecular weight is 277 g/mol. The van der Waals surface area contributed by atoms with Crippen molar-refractivity contribution >= 4 is 0 Å². The number of rotatable bonds is 6. The average Bonchev–Trinajstić information content (AvgIpc) is 2.43. The number of hydrogen-bond acceptors (Lipinski definition) is 2. The maximum atomic E-state index is 13.5. The van der Waals surface area contributed by atoms with Crippen molar-refractivity contribution in [1.29, 1.82) is 0 Å². The smallest absolute Gasteiger partial charge is 0.129 e. The van der Waals surface area contributed by atoms with E-state index in [0.717, 1.165) is 11.8 Å². The maximum Gasteiger partial charge on any atom is 0.129 e. The van der Waals surface area contributed by atoms with Gasteiger partial charge in [-0.05, 0) is 36.6 Å². The standard InChI is InChI=1S/C16H17F2NO/c17-13-7-6-12(16(18)11-13)10-14(19)8-9-20-15-4-2-1-3-5-15/h1-7,11,14H,8-10,19H2. The molecule has 0 fully saturated rings. The minimum absolute atomic E-state index is 0.223. The summed E-state index contributed by atoms with van der Waals surface area (Å²) in [5, 5.41) is 0. The number of halogens is 2. The monoisotopic (exact) mass is 277 g/mol. The summed E-state index contributed by atoms with van der Waals surface area (Å²) in [5.74, 6) is -0.343. The lowest BCUT2D eigenvalue weighted by atomic mass is 10.0. The van der Waals surface area contributed by atoms with Gasteiger partial charge < -0.3 is 10.5 Å². The van der Waals surface area contributed by atoms with E-state index in [1.165, 1.54) is 12.1 Å². The van der Waals surface area contributed by atoms with Crippen LogP contribution in [0.3, 0.4) is 0 Å². The second-order valence-electron chi connectivity index (χ2n) is 4.65. The summed E-state index contributed by atoms with van der Waals surface area (Å²) in [6.07, 6.45) is 0.968. The Labute approximate surface area is 117 Å². The van der Waals surface area contributed by atoms with Gasteiger partial charge in [0.1, 0.15) is 17.4 Å². The van der Waals surface area contributed by atoms with Crippen LogP contribution in [0.1, 0.15) is 12.0 Å².